The summed E-state index contributed by atoms with van der Waals surface area (Å²) < 4.78 is 1.81. The summed E-state index contributed by atoms with van der Waals surface area (Å²) in [5.41, 5.74) is 7.19. The van der Waals surface area contributed by atoms with Crippen molar-refractivity contribution in [3.05, 3.63) is 54.4 Å². The Morgan fingerprint density at radius 2 is 2.05 bits per heavy atom. The van der Waals surface area contributed by atoms with Crippen LogP contribution in [0.3, 0.4) is 0 Å². The first-order chi connectivity index (χ1) is 10.1. The second-order valence-corrected chi connectivity index (χ2v) is 5.25. The fourth-order valence-corrected chi connectivity index (χ4v) is 2.26. The summed E-state index contributed by atoms with van der Waals surface area (Å²) in [5, 5.41) is 4.13. The van der Waals surface area contributed by atoms with E-state index in [0.29, 0.717) is 13.1 Å². The van der Waals surface area contributed by atoms with E-state index in [2.05, 4.69) is 5.10 Å². The molecule has 0 bridgehead atoms. The molecule has 2 aromatic rings. The predicted molar refractivity (Wildman–Crippen MR) is 82.4 cm³/mol. The predicted octanol–water partition coefficient (Wildman–Crippen LogP) is 1.68. The third kappa shape index (κ3) is 3.92. The molecule has 1 aromatic carbocycles. The van der Waals surface area contributed by atoms with E-state index in [9.17, 15) is 4.79 Å². The SMILES string of the molecule is CC(C(=O)N(C)CCn1cccn1)C(N)c1ccccc1. The topological polar surface area (TPSA) is 64.2 Å². The first-order valence-electron chi connectivity index (χ1n) is 7.12. The average molecular weight is 286 g/mol. The lowest BCUT2D eigenvalue weighted by molar-refractivity contribution is -0.134. The lowest BCUT2D eigenvalue weighted by atomic mass is 9.94. The molecular formula is C16H22N4O. The number of hydrogen-bond acceptors (Lipinski definition) is 3. The highest BCUT2D eigenvalue weighted by Crippen LogP contribution is 2.20. The van der Waals surface area contributed by atoms with Crippen LogP contribution in [0.1, 0.15) is 18.5 Å². The van der Waals surface area contributed by atoms with Gasteiger partial charge in [0.15, 0.2) is 0 Å². The molecule has 21 heavy (non-hydrogen) atoms. The Morgan fingerprint density at radius 3 is 2.67 bits per heavy atom. The van der Waals surface area contributed by atoms with Crippen LogP contribution in [0.15, 0.2) is 48.8 Å². The summed E-state index contributed by atoms with van der Waals surface area (Å²) in [6, 6.07) is 11.3. The molecule has 0 radical (unpaired) electrons. The quantitative estimate of drug-likeness (QED) is 0.878. The van der Waals surface area contributed by atoms with Crippen molar-refractivity contribution in [1.82, 2.24) is 14.7 Å². The third-order valence-electron chi connectivity index (χ3n) is 3.71. The van der Waals surface area contributed by atoms with Gasteiger partial charge in [0.1, 0.15) is 0 Å². The van der Waals surface area contributed by atoms with Crippen LogP contribution in [0.4, 0.5) is 0 Å². The van der Waals surface area contributed by atoms with Gasteiger partial charge in [0.25, 0.3) is 0 Å². The average Bonchev–Trinajstić information content (AvgIpc) is 3.04. The zero-order valence-corrected chi connectivity index (χ0v) is 12.5. The van der Waals surface area contributed by atoms with Crippen LogP contribution in [0.25, 0.3) is 0 Å². The largest absolute Gasteiger partial charge is 0.344 e. The molecule has 0 saturated carbocycles. The lowest BCUT2D eigenvalue weighted by Crippen LogP contribution is -2.38. The molecule has 0 spiro atoms. The molecule has 0 aliphatic heterocycles. The number of nitrogens with zero attached hydrogens (tertiary/aromatic N) is 3. The van der Waals surface area contributed by atoms with Crippen LogP contribution in [0.5, 0.6) is 0 Å². The van der Waals surface area contributed by atoms with Crippen LogP contribution in [-0.2, 0) is 11.3 Å². The minimum atomic E-state index is -0.286. The number of hydrogen-bond donors (Lipinski definition) is 1. The van der Waals surface area contributed by atoms with Crippen molar-refractivity contribution in [2.45, 2.75) is 19.5 Å². The van der Waals surface area contributed by atoms with E-state index in [1.54, 1.807) is 18.1 Å². The van der Waals surface area contributed by atoms with Crippen LogP contribution in [-0.4, -0.2) is 34.2 Å². The van der Waals surface area contributed by atoms with Gasteiger partial charge in [-0.05, 0) is 11.6 Å². The second kappa shape index (κ2) is 7.04. The molecule has 0 saturated heterocycles. The number of carbonyl (C=O) groups excluding carboxylic acids is 1. The van der Waals surface area contributed by atoms with Crippen LogP contribution < -0.4 is 5.73 Å². The van der Waals surface area contributed by atoms with Gasteiger partial charge in [-0.25, -0.2) is 0 Å². The summed E-state index contributed by atoms with van der Waals surface area (Å²) >= 11 is 0. The first kappa shape index (κ1) is 15.3. The molecular weight excluding hydrogens is 264 g/mol. The summed E-state index contributed by atoms with van der Waals surface area (Å²) in [4.78, 5) is 14.2. The number of benzene rings is 1. The Labute approximate surface area is 125 Å². The van der Waals surface area contributed by atoms with E-state index in [1.807, 2.05) is 54.2 Å². The van der Waals surface area contributed by atoms with Crippen molar-refractivity contribution in [1.29, 1.82) is 0 Å². The molecule has 0 aliphatic rings. The lowest BCUT2D eigenvalue weighted by Gasteiger charge is -2.25. The Kier molecular flexibility index (Phi) is 5.11. The van der Waals surface area contributed by atoms with Crippen molar-refractivity contribution in [2.75, 3.05) is 13.6 Å². The highest BCUT2D eigenvalue weighted by molar-refractivity contribution is 5.79. The zero-order chi connectivity index (χ0) is 15.2. The van der Waals surface area contributed by atoms with Crippen molar-refractivity contribution in [3.8, 4) is 0 Å². The third-order valence-corrected chi connectivity index (χ3v) is 3.71. The smallest absolute Gasteiger partial charge is 0.227 e. The van der Waals surface area contributed by atoms with Crippen LogP contribution in [0, 0.1) is 5.92 Å². The van der Waals surface area contributed by atoms with E-state index in [-0.39, 0.29) is 17.9 Å². The summed E-state index contributed by atoms with van der Waals surface area (Å²) in [6.07, 6.45) is 3.62. The van der Waals surface area contributed by atoms with E-state index in [1.165, 1.54) is 0 Å². The van der Waals surface area contributed by atoms with E-state index in [0.717, 1.165) is 5.56 Å². The molecule has 1 heterocycles. The van der Waals surface area contributed by atoms with Gasteiger partial charge in [0.05, 0.1) is 12.5 Å². The molecule has 112 valence electrons. The van der Waals surface area contributed by atoms with Gasteiger partial charge in [0.2, 0.25) is 5.91 Å². The number of likely N-dealkylation sites (N-methyl/N-ethyl adjacent to an activating group) is 1. The first-order valence-corrected chi connectivity index (χ1v) is 7.12. The molecule has 0 aliphatic carbocycles. The Morgan fingerprint density at radius 1 is 1.33 bits per heavy atom. The standard InChI is InChI=1S/C16H22N4O/c1-13(15(17)14-7-4-3-5-8-14)16(21)19(2)11-12-20-10-6-9-18-20/h3-10,13,15H,11-12,17H2,1-2H3. The van der Waals surface area contributed by atoms with Gasteiger partial charge in [0, 0.05) is 32.0 Å². The number of carbonyl (C=O) groups is 1. The molecule has 1 aromatic heterocycles. The zero-order valence-electron chi connectivity index (χ0n) is 12.5. The minimum Gasteiger partial charge on any atom is -0.344 e. The fourth-order valence-electron chi connectivity index (χ4n) is 2.26. The van der Waals surface area contributed by atoms with E-state index < -0.39 is 0 Å². The van der Waals surface area contributed by atoms with Gasteiger partial charge < -0.3 is 10.6 Å². The summed E-state index contributed by atoms with van der Waals surface area (Å²) in [6.45, 7) is 3.18. The van der Waals surface area contributed by atoms with Crippen molar-refractivity contribution in [3.63, 3.8) is 0 Å². The van der Waals surface area contributed by atoms with Gasteiger partial charge in [-0.2, -0.15) is 5.10 Å². The molecule has 1 amide bonds. The molecule has 2 rings (SSSR count). The van der Waals surface area contributed by atoms with Gasteiger partial charge in [-0.1, -0.05) is 37.3 Å². The number of rotatable bonds is 6. The number of amides is 1. The molecule has 2 unspecified atom stereocenters. The number of nitrogens with two attached hydrogens (primary N) is 1. The highest BCUT2D eigenvalue weighted by Gasteiger charge is 2.24. The maximum Gasteiger partial charge on any atom is 0.227 e. The normalized spacial score (nSPS) is 13.7. The maximum atomic E-state index is 12.4. The van der Waals surface area contributed by atoms with Crippen molar-refractivity contribution < 1.29 is 4.79 Å². The van der Waals surface area contributed by atoms with Gasteiger partial charge in [-0.15, -0.1) is 0 Å². The Bertz CT molecular complexity index is 553. The summed E-state index contributed by atoms with van der Waals surface area (Å²) in [7, 11) is 1.81. The van der Waals surface area contributed by atoms with Crippen molar-refractivity contribution in [2.24, 2.45) is 11.7 Å². The Balaban J connectivity index is 1.91. The van der Waals surface area contributed by atoms with Gasteiger partial charge in [-0.3, -0.25) is 9.48 Å². The van der Waals surface area contributed by atoms with E-state index in [4.69, 9.17) is 5.73 Å². The van der Waals surface area contributed by atoms with Gasteiger partial charge >= 0.3 is 0 Å². The highest BCUT2D eigenvalue weighted by atomic mass is 16.2. The van der Waals surface area contributed by atoms with Crippen LogP contribution in [0.2, 0.25) is 0 Å². The number of aromatic nitrogens is 2. The minimum absolute atomic E-state index is 0.0542. The van der Waals surface area contributed by atoms with Crippen LogP contribution >= 0.6 is 0 Å². The fraction of sp³-hybridized carbons (Fsp3) is 0.375. The monoisotopic (exact) mass is 286 g/mol. The summed E-state index contributed by atoms with van der Waals surface area (Å²) in [5.74, 6) is -0.200. The second-order valence-electron chi connectivity index (χ2n) is 5.25. The molecule has 5 nitrogen and oxygen atoms in total. The molecule has 2 atom stereocenters. The maximum absolute atomic E-state index is 12.4. The Hall–Kier alpha value is -2.14. The van der Waals surface area contributed by atoms with Crippen molar-refractivity contribution >= 4 is 5.91 Å². The van der Waals surface area contributed by atoms with E-state index >= 15 is 0 Å². The molecule has 2 N–H and O–H groups in total. The molecule has 0 fully saturated rings. The molecule has 5 heteroatoms.